The van der Waals surface area contributed by atoms with Gasteiger partial charge in [0, 0.05) is 40.8 Å². The number of piperidine rings is 1. The van der Waals surface area contributed by atoms with E-state index in [4.69, 9.17) is 17.3 Å². The lowest BCUT2D eigenvalue weighted by Crippen LogP contribution is -2.44. The third-order valence-electron chi connectivity index (χ3n) is 6.12. The molecule has 0 radical (unpaired) electrons. The second kappa shape index (κ2) is 12.2. The molecule has 1 aromatic heterocycles. The summed E-state index contributed by atoms with van der Waals surface area (Å²) >= 11 is 7.09. The van der Waals surface area contributed by atoms with Crippen molar-refractivity contribution in [3.63, 3.8) is 0 Å². The van der Waals surface area contributed by atoms with Crippen LogP contribution in [0.2, 0.25) is 5.02 Å². The number of nitrogens with two attached hydrogens (primary N) is 1. The van der Waals surface area contributed by atoms with Crippen molar-refractivity contribution in [2.24, 2.45) is 5.73 Å². The zero-order chi connectivity index (χ0) is 26.0. The van der Waals surface area contributed by atoms with Crippen LogP contribution in [0.4, 0.5) is 8.78 Å². The number of carbonyl (C=O) groups is 2. The van der Waals surface area contributed by atoms with E-state index in [0.717, 1.165) is 24.2 Å². The Morgan fingerprint density at radius 3 is 2.38 bits per heavy atom. The summed E-state index contributed by atoms with van der Waals surface area (Å²) in [5.41, 5.74) is 7.00. The van der Waals surface area contributed by atoms with Crippen LogP contribution >= 0.6 is 35.3 Å². The molecule has 0 atom stereocenters. The molecule has 1 fully saturated rings. The second-order valence-corrected chi connectivity index (χ2v) is 10.1. The quantitative estimate of drug-likeness (QED) is 0.409. The largest absolute Gasteiger partial charge is 0.434 e. The van der Waals surface area contributed by atoms with Gasteiger partial charge in [0.2, 0.25) is 0 Å². The van der Waals surface area contributed by atoms with Crippen molar-refractivity contribution in [2.75, 3.05) is 27.2 Å². The van der Waals surface area contributed by atoms with E-state index in [2.05, 4.69) is 14.6 Å². The maximum absolute atomic E-state index is 13.0. The van der Waals surface area contributed by atoms with Gasteiger partial charge in [-0.1, -0.05) is 23.7 Å². The number of nitrogens with zero attached hydrogens (tertiary/aromatic N) is 3. The molecule has 0 bridgehead atoms. The van der Waals surface area contributed by atoms with Gasteiger partial charge in [-0.3, -0.25) is 9.59 Å². The normalized spacial score (nSPS) is 14.1. The van der Waals surface area contributed by atoms with Crippen LogP contribution in [-0.2, 0) is 0 Å². The monoisotopic (exact) mass is 570 g/mol. The van der Waals surface area contributed by atoms with Gasteiger partial charge in [0.25, 0.3) is 11.8 Å². The minimum Gasteiger partial charge on any atom is -0.434 e. The lowest BCUT2D eigenvalue weighted by molar-refractivity contribution is -0.0494. The van der Waals surface area contributed by atoms with Gasteiger partial charge in [-0.25, -0.2) is 4.98 Å². The van der Waals surface area contributed by atoms with Gasteiger partial charge in [0.05, 0.1) is 5.69 Å². The van der Waals surface area contributed by atoms with Crippen LogP contribution < -0.4 is 10.5 Å². The molecule has 2 heterocycles. The number of halogens is 4. The first-order chi connectivity index (χ1) is 17.1. The van der Waals surface area contributed by atoms with E-state index < -0.39 is 12.5 Å². The molecule has 2 N–H and O–H groups in total. The molecule has 0 aliphatic carbocycles. The fourth-order valence-corrected chi connectivity index (χ4v) is 5.31. The molecular weight excluding hydrogens is 545 g/mol. The molecule has 3 aromatic rings. The Morgan fingerprint density at radius 1 is 1.16 bits per heavy atom. The predicted octanol–water partition coefficient (Wildman–Crippen LogP) is 5.42. The molecule has 1 aliphatic rings. The summed E-state index contributed by atoms with van der Waals surface area (Å²) < 4.78 is 30.5. The van der Waals surface area contributed by atoms with Crippen molar-refractivity contribution in [1.82, 2.24) is 14.8 Å². The standard InChI is InChI=1S/C25H25ClF2N4O3S.ClH/c1-31(2)17-9-11-32(12-10-17)24(34)15-5-3-14(4-6-15)23-30-20(21(36-23)22(29)33)18-13-16(26)7-8-19(18)35-25(27)28;/h3-8,13,17,25H,9-12H2,1-2H3,(H2,29,33);1H. The SMILES string of the molecule is CN(C)C1CCN(C(=O)c2ccc(-c3nc(-c4cc(Cl)ccc4OC(F)F)c(C(N)=O)s3)cc2)CC1.Cl. The molecule has 0 unspecified atom stereocenters. The molecule has 4 rings (SSSR count). The van der Waals surface area contributed by atoms with Crippen molar-refractivity contribution in [1.29, 1.82) is 0 Å². The van der Waals surface area contributed by atoms with Crippen molar-refractivity contribution in [3.05, 3.63) is 57.9 Å². The first-order valence-electron chi connectivity index (χ1n) is 11.3. The molecule has 12 heteroatoms. The molecule has 1 saturated heterocycles. The molecule has 198 valence electrons. The molecule has 1 aliphatic heterocycles. The topological polar surface area (TPSA) is 88.8 Å². The van der Waals surface area contributed by atoms with Gasteiger partial charge in [0.15, 0.2) is 0 Å². The van der Waals surface area contributed by atoms with Crippen molar-refractivity contribution in [3.8, 4) is 27.6 Å². The van der Waals surface area contributed by atoms with Crippen LogP contribution in [0, 0.1) is 0 Å². The molecule has 37 heavy (non-hydrogen) atoms. The van der Waals surface area contributed by atoms with Gasteiger partial charge in [0.1, 0.15) is 15.6 Å². The number of hydrogen-bond acceptors (Lipinski definition) is 6. The highest BCUT2D eigenvalue weighted by Crippen LogP contribution is 2.39. The van der Waals surface area contributed by atoms with Gasteiger partial charge >= 0.3 is 6.61 Å². The van der Waals surface area contributed by atoms with Gasteiger partial charge in [-0.05, 0) is 57.3 Å². The summed E-state index contributed by atoms with van der Waals surface area (Å²) in [6, 6.07) is 11.5. The molecule has 2 aromatic carbocycles. The zero-order valence-corrected chi connectivity index (χ0v) is 22.5. The highest BCUT2D eigenvalue weighted by atomic mass is 35.5. The minimum atomic E-state index is -3.07. The minimum absolute atomic E-state index is 0. The Kier molecular flexibility index (Phi) is 9.46. The van der Waals surface area contributed by atoms with E-state index in [1.54, 1.807) is 24.3 Å². The van der Waals surface area contributed by atoms with E-state index in [-0.39, 0.29) is 45.2 Å². The maximum atomic E-state index is 13.0. The lowest BCUT2D eigenvalue weighted by atomic mass is 10.0. The highest BCUT2D eigenvalue weighted by Gasteiger charge is 2.26. The third kappa shape index (κ3) is 6.56. The average molecular weight is 571 g/mol. The maximum Gasteiger partial charge on any atom is 0.387 e. The van der Waals surface area contributed by atoms with Crippen LogP contribution in [0.5, 0.6) is 5.75 Å². The summed E-state index contributed by atoms with van der Waals surface area (Å²) in [4.78, 5) is 33.7. The number of carbonyl (C=O) groups excluding carboxylic acids is 2. The average Bonchev–Trinajstić information content (AvgIpc) is 3.30. The number of ether oxygens (including phenoxy) is 1. The first-order valence-corrected chi connectivity index (χ1v) is 12.4. The lowest BCUT2D eigenvalue weighted by Gasteiger charge is -2.35. The first kappa shape index (κ1) is 28.8. The number of benzene rings is 2. The summed E-state index contributed by atoms with van der Waals surface area (Å²) in [5, 5.41) is 0.696. The van der Waals surface area contributed by atoms with Crippen LogP contribution in [0.3, 0.4) is 0 Å². The summed E-state index contributed by atoms with van der Waals surface area (Å²) in [7, 11) is 4.10. The molecule has 7 nitrogen and oxygen atoms in total. The van der Waals surface area contributed by atoms with Crippen LogP contribution in [0.25, 0.3) is 21.8 Å². The van der Waals surface area contributed by atoms with E-state index in [0.29, 0.717) is 35.3 Å². The number of rotatable bonds is 7. The van der Waals surface area contributed by atoms with E-state index in [1.807, 2.05) is 19.0 Å². The number of aromatic nitrogens is 1. The summed E-state index contributed by atoms with van der Waals surface area (Å²) in [6.45, 7) is -1.67. The molecule has 0 spiro atoms. The van der Waals surface area contributed by atoms with E-state index in [9.17, 15) is 18.4 Å². The highest BCUT2D eigenvalue weighted by molar-refractivity contribution is 7.17. The third-order valence-corrected chi connectivity index (χ3v) is 7.48. The zero-order valence-electron chi connectivity index (χ0n) is 20.1. The van der Waals surface area contributed by atoms with Crippen LogP contribution in [0.1, 0.15) is 32.9 Å². The van der Waals surface area contributed by atoms with Gasteiger partial charge in [-0.15, -0.1) is 23.7 Å². The second-order valence-electron chi connectivity index (χ2n) is 8.64. The van der Waals surface area contributed by atoms with Crippen LogP contribution in [-0.4, -0.2) is 66.4 Å². The number of thiazole rings is 1. The van der Waals surface area contributed by atoms with E-state index >= 15 is 0 Å². The van der Waals surface area contributed by atoms with Crippen molar-refractivity contribution < 1.29 is 23.1 Å². The number of primary amides is 1. The summed E-state index contributed by atoms with van der Waals surface area (Å²) in [6.07, 6.45) is 1.85. The Bertz CT molecular complexity index is 1260. The number of alkyl halides is 2. The predicted molar refractivity (Wildman–Crippen MR) is 143 cm³/mol. The Labute approximate surface area is 228 Å². The Morgan fingerprint density at radius 2 is 1.81 bits per heavy atom. The van der Waals surface area contributed by atoms with Crippen LogP contribution in [0.15, 0.2) is 42.5 Å². The molecular formula is C25H26Cl2F2N4O3S. The number of likely N-dealkylation sites (tertiary alicyclic amines) is 1. The van der Waals surface area contributed by atoms with Crippen molar-refractivity contribution >= 4 is 47.2 Å². The molecule has 0 saturated carbocycles. The van der Waals surface area contributed by atoms with Gasteiger partial charge < -0.3 is 20.3 Å². The van der Waals surface area contributed by atoms with Crippen molar-refractivity contribution in [2.45, 2.75) is 25.5 Å². The number of hydrogen-bond donors (Lipinski definition) is 1. The Balaban J connectivity index is 0.00000380. The summed E-state index contributed by atoms with van der Waals surface area (Å²) in [5.74, 6) is -0.971. The number of amides is 2. The molecule has 2 amide bonds. The van der Waals surface area contributed by atoms with Gasteiger partial charge in [-0.2, -0.15) is 8.78 Å². The Hall–Kier alpha value is -2.79. The fourth-order valence-electron chi connectivity index (χ4n) is 4.20. The van der Waals surface area contributed by atoms with E-state index in [1.165, 1.54) is 18.2 Å². The smallest absolute Gasteiger partial charge is 0.387 e. The fraction of sp³-hybridized carbons (Fsp3) is 0.320.